The Bertz CT molecular complexity index is 2070. The van der Waals surface area contributed by atoms with Crippen LogP contribution < -0.4 is 10.6 Å². The number of fused-ring (bicyclic) bond motifs is 1. The lowest BCUT2D eigenvalue weighted by Gasteiger charge is -2.20. The van der Waals surface area contributed by atoms with Gasteiger partial charge in [-0.25, -0.2) is 8.42 Å². The molecule has 0 unspecified atom stereocenters. The molecule has 0 saturated heterocycles. The lowest BCUT2D eigenvalue weighted by atomic mass is 9.95. The van der Waals surface area contributed by atoms with Gasteiger partial charge in [-0.05, 0) is 111 Å². The summed E-state index contributed by atoms with van der Waals surface area (Å²) in [5.41, 5.74) is 4.20. The number of thiophene rings is 1. The molecule has 0 aliphatic heterocycles. The van der Waals surface area contributed by atoms with E-state index in [2.05, 4.69) is 15.8 Å². The number of anilines is 2. The molecule has 50 heavy (non-hydrogen) atoms. The highest BCUT2D eigenvalue weighted by atomic mass is 32.2. The van der Waals surface area contributed by atoms with Crippen molar-refractivity contribution in [1.29, 1.82) is 0 Å². The number of carboxylic acids is 1. The van der Waals surface area contributed by atoms with Crippen LogP contribution in [0, 0.1) is 4.91 Å². The van der Waals surface area contributed by atoms with E-state index >= 15 is 0 Å². The van der Waals surface area contributed by atoms with E-state index in [0.29, 0.717) is 48.4 Å². The third-order valence-electron chi connectivity index (χ3n) is 8.77. The van der Waals surface area contributed by atoms with Gasteiger partial charge in [-0.1, -0.05) is 30.3 Å². The Hall–Kier alpha value is -5.05. The second-order valence-corrected chi connectivity index (χ2v) is 15.3. The zero-order valence-corrected chi connectivity index (χ0v) is 28.5. The largest absolute Gasteiger partial charge is 0.480 e. The molecule has 0 bridgehead atoms. The lowest BCUT2D eigenvalue weighted by Crippen LogP contribution is -2.37. The molecule has 6 rings (SSSR count). The summed E-state index contributed by atoms with van der Waals surface area (Å²) in [7, 11) is -4.16. The molecule has 12 nitrogen and oxygen atoms in total. The number of hydrogen-bond donors (Lipinski definition) is 3. The molecule has 0 radical (unpaired) electrons. The Morgan fingerprint density at radius 2 is 1.50 bits per heavy atom. The fraction of sp³-hybridized carbons (Fsp3) is 0.278. The number of nitrogens with zero attached hydrogens (tertiary/aromatic N) is 2. The van der Waals surface area contributed by atoms with Crippen molar-refractivity contribution in [2.24, 2.45) is 5.18 Å². The van der Waals surface area contributed by atoms with Crippen LogP contribution in [0.15, 0.2) is 82.9 Å². The number of nitroso groups, excluding NO2 is 1. The van der Waals surface area contributed by atoms with Crippen LogP contribution in [0.2, 0.25) is 0 Å². The number of benzene rings is 3. The molecule has 3 amide bonds. The van der Waals surface area contributed by atoms with E-state index in [1.54, 1.807) is 24.3 Å². The van der Waals surface area contributed by atoms with Gasteiger partial charge < -0.3 is 15.7 Å². The first kappa shape index (κ1) is 34.8. The van der Waals surface area contributed by atoms with Crippen molar-refractivity contribution in [3.63, 3.8) is 0 Å². The van der Waals surface area contributed by atoms with Gasteiger partial charge in [0, 0.05) is 32.9 Å². The highest BCUT2D eigenvalue weighted by Gasteiger charge is 2.39. The highest BCUT2D eigenvalue weighted by Crippen LogP contribution is 2.39. The standard InChI is InChI=1S/C36H34N4O8S2/c41-31(42)21-40(27-18-19-27)50(47,48)28-5-3-4-25(20-28)33(43)38-36-32(29-6-1-2-7-30(29)49-36)35(45)37-26-16-12-23(13-17-26)9-8-22-10-14-24(15-11-22)34(44)39-46/h3-5,10-17,20,27H,1-2,6-9,18-19,21H2,(H,37,45)(H,38,43)(H,41,42). The average Bonchev–Trinajstić information content (AvgIpc) is 3.90. The summed E-state index contributed by atoms with van der Waals surface area (Å²) in [4.78, 5) is 61.4. The van der Waals surface area contributed by atoms with Crippen molar-refractivity contribution in [2.75, 3.05) is 17.2 Å². The van der Waals surface area contributed by atoms with Gasteiger partial charge in [0.05, 0.1) is 10.5 Å². The van der Waals surface area contributed by atoms with Crippen molar-refractivity contribution >= 4 is 55.7 Å². The predicted molar refractivity (Wildman–Crippen MR) is 188 cm³/mol. The average molecular weight is 715 g/mol. The van der Waals surface area contributed by atoms with Crippen molar-refractivity contribution < 1.29 is 32.7 Å². The number of aliphatic carboxylic acids is 1. The fourth-order valence-corrected chi connectivity index (χ4v) is 8.98. The van der Waals surface area contributed by atoms with Crippen molar-refractivity contribution in [3.8, 4) is 0 Å². The van der Waals surface area contributed by atoms with E-state index in [0.717, 1.165) is 45.1 Å². The minimum Gasteiger partial charge on any atom is -0.480 e. The Morgan fingerprint density at radius 1 is 0.840 bits per heavy atom. The molecule has 1 aromatic heterocycles. The smallest absolute Gasteiger partial charge is 0.318 e. The third-order valence-corrected chi connectivity index (χ3v) is 11.9. The molecule has 3 N–H and O–H groups in total. The molecule has 3 aromatic carbocycles. The summed E-state index contributed by atoms with van der Waals surface area (Å²) in [6.45, 7) is -0.660. The molecule has 1 fully saturated rings. The van der Waals surface area contributed by atoms with E-state index in [1.165, 1.54) is 35.6 Å². The summed E-state index contributed by atoms with van der Waals surface area (Å²) in [6, 6.07) is 19.3. The predicted octanol–water partition coefficient (Wildman–Crippen LogP) is 6.06. The number of hydrogen-bond acceptors (Lipinski definition) is 8. The minimum absolute atomic E-state index is 0.0628. The second kappa shape index (κ2) is 14.8. The summed E-state index contributed by atoms with van der Waals surface area (Å²) in [6.07, 6.45) is 5.92. The van der Waals surface area contributed by atoms with Crippen LogP contribution in [0.1, 0.15) is 78.3 Å². The second-order valence-electron chi connectivity index (χ2n) is 12.3. The Balaban J connectivity index is 1.15. The van der Waals surface area contributed by atoms with Crippen LogP contribution in [-0.4, -0.2) is 54.1 Å². The number of rotatable bonds is 13. The molecule has 4 aromatic rings. The maximum absolute atomic E-state index is 13.8. The third kappa shape index (κ3) is 7.88. The number of aryl methyl sites for hydroxylation is 3. The topological polar surface area (TPSA) is 179 Å². The molecule has 2 aliphatic carbocycles. The zero-order chi connectivity index (χ0) is 35.4. The quantitative estimate of drug-likeness (QED) is 0.140. The summed E-state index contributed by atoms with van der Waals surface area (Å²) in [5.74, 6) is -3.01. The van der Waals surface area contributed by atoms with Gasteiger partial charge in [0.15, 0.2) is 0 Å². The Morgan fingerprint density at radius 3 is 2.14 bits per heavy atom. The minimum atomic E-state index is -4.16. The fourth-order valence-electron chi connectivity index (χ4n) is 6.01. The number of nitrogens with one attached hydrogen (secondary N) is 2. The summed E-state index contributed by atoms with van der Waals surface area (Å²) in [5, 5.41) is 17.9. The number of carbonyl (C=O) groups excluding carboxylic acids is 3. The molecule has 0 spiro atoms. The molecule has 2 aliphatic rings. The van der Waals surface area contributed by atoms with Crippen LogP contribution in [0.3, 0.4) is 0 Å². The lowest BCUT2D eigenvalue weighted by molar-refractivity contribution is -0.137. The zero-order valence-electron chi connectivity index (χ0n) is 26.9. The maximum atomic E-state index is 13.8. The monoisotopic (exact) mass is 714 g/mol. The van der Waals surface area contributed by atoms with Gasteiger partial charge in [0.1, 0.15) is 11.5 Å². The normalized spacial score (nSPS) is 14.1. The van der Waals surface area contributed by atoms with Crippen LogP contribution in [0.4, 0.5) is 10.7 Å². The van der Waals surface area contributed by atoms with E-state index in [1.807, 2.05) is 24.3 Å². The van der Waals surface area contributed by atoms with Gasteiger partial charge in [0.25, 0.3) is 11.8 Å². The maximum Gasteiger partial charge on any atom is 0.318 e. The Kier molecular flexibility index (Phi) is 10.3. The first-order valence-electron chi connectivity index (χ1n) is 16.2. The SMILES string of the molecule is O=NC(=O)c1ccc(CCc2ccc(NC(=O)c3c(NC(=O)c4cccc(S(=O)(=O)N(CC(=O)O)C5CC5)c4)sc4c3CCCC4)cc2)cc1. The number of carbonyl (C=O) groups is 4. The molecule has 258 valence electrons. The van der Waals surface area contributed by atoms with Crippen molar-refractivity contribution in [3.05, 3.63) is 116 Å². The van der Waals surface area contributed by atoms with Gasteiger partial charge in [0.2, 0.25) is 10.0 Å². The van der Waals surface area contributed by atoms with Gasteiger partial charge in [-0.2, -0.15) is 4.31 Å². The Labute approximate surface area is 292 Å². The number of carboxylic acid groups (broad SMARTS) is 1. The van der Waals surface area contributed by atoms with E-state index in [4.69, 9.17) is 0 Å². The van der Waals surface area contributed by atoms with Crippen LogP contribution in [0.5, 0.6) is 0 Å². The summed E-state index contributed by atoms with van der Waals surface area (Å²) >= 11 is 1.34. The van der Waals surface area contributed by atoms with Crippen LogP contribution >= 0.6 is 11.3 Å². The number of sulfonamides is 1. The molecular formula is C36H34N4O8S2. The van der Waals surface area contributed by atoms with Crippen molar-refractivity contribution in [1.82, 2.24) is 4.31 Å². The van der Waals surface area contributed by atoms with Crippen LogP contribution in [-0.2, 0) is 40.5 Å². The summed E-state index contributed by atoms with van der Waals surface area (Å²) < 4.78 is 27.7. The van der Waals surface area contributed by atoms with Gasteiger partial charge in [-0.3, -0.25) is 19.2 Å². The first-order valence-corrected chi connectivity index (χ1v) is 18.5. The van der Waals surface area contributed by atoms with E-state index in [9.17, 15) is 37.6 Å². The highest BCUT2D eigenvalue weighted by molar-refractivity contribution is 7.89. The number of amides is 3. The molecular weight excluding hydrogens is 681 g/mol. The van der Waals surface area contributed by atoms with Crippen molar-refractivity contribution in [2.45, 2.75) is 62.3 Å². The van der Waals surface area contributed by atoms with Gasteiger partial charge in [-0.15, -0.1) is 16.2 Å². The molecule has 1 heterocycles. The van der Waals surface area contributed by atoms with E-state index < -0.39 is 34.4 Å². The molecule has 14 heteroatoms. The van der Waals surface area contributed by atoms with Crippen LogP contribution in [0.25, 0.3) is 0 Å². The first-order chi connectivity index (χ1) is 24.0. The molecule has 0 atom stereocenters. The molecule has 1 saturated carbocycles. The van der Waals surface area contributed by atoms with Gasteiger partial charge >= 0.3 is 11.9 Å². The van der Waals surface area contributed by atoms with E-state index in [-0.39, 0.29) is 28.0 Å².